The molecule has 1 aliphatic rings. The number of nitrogens with one attached hydrogen (secondary N) is 1. The second-order valence-corrected chi connectivity index (χ2v) is 6.98. The van der Waals surface area contributed by atoms with Gasteiger partial charge in [-0.1, -0.05) is 30.3 Å². The first-order chi connectivity index (χ1) is 14.1. The largest absolute Gasteiger partial charge is 0.484 e. The molecule has 0 atom stereocenters. The van der Waals surface area contributed by atoms with Crippen LogP contribution in [-0.2, 0) is 22.6 Å². The number of fused-ring (bicyclic) bond motifs is 1. The molecule has 2 heterocycles. The number of furan rings is 1. The number of para-hydroxylation sites is 1. The predicted molar refractivity (Wildman–Crippen MR) is 110 cm³/mol. The number of rotatable bonds is 5. The zero-order valence-corrected chi connectivity index (χ0v) is 16.2. The Bertz CT molecular complexity index is 1030. The maximum Gasteiger partial charge on any atom is 0.262 e. The molecule has 1 aliphatic heterocycles. The van der Waals surface area contributed by atoms with Gasteiger partial charge in [0.2, 0.25) is 5.91 Å². The van der Waals surface area contributed by atoms with Gasteiger partial charge in [-0.25, -0.2) is 0 Å². The summed E-state index contributed by atoms with van der Waals surface area (Å²) in [5.74, 6) is 2.14. The van der Waals surface area contributed by atoms with Crippen LogP contribution in [0.1, 0.15) is 18.2 Å². The van der Waals surface area contributed by atoms with Crippen LogP contribution in [0.5, 0.6) is 5.75 Å². The molecule has 2 amide bonds. The van der Waals surface area contributed by atoms with Crippen molar-refractivity contribution in [1.82, 2.24) is 4.90 Å². The molecule has 0 aliphatic carbocycles. The van der Waals surface area contributed by atoms with E-state index in [-0.39, 0.29) is 18.4 Å². The minimum atomic E-state index is -0.234. The monoisotopic (exact) mass is 390 g/mol. The van der Waals surface area contributed by atoms with Gasteiger partial charge in [0.1, 0.15) is 17.3 Å². The highest BCUT2D eigenvalue weighted by atomic mass is 16.5. The van der Waals surface area contributed by atoms with E-state index < -0.39 is 0 Å². The van der Waals surface area contributed by atoms with E-state index in [1.165, 1.54) is 0 Å². The van der Waals surface area contributed by atoms with Gasteiger partial charge in [0.15, 0.2) is 6.61 Å². The first-order valence-corrected chi connectivity index (χ1v) is 9.54. The van der Waals surface area contributed by atoms with Crippen molar-refractivity contribution >= 4 is 17.5 Å². The zero-order valence-electron chi connectivity index (χ0n) is 16.2. The molecule has 6 heteroatoms. The van der Waals surface area contributed by atoms with Crippen LogP contribution < -0.4 is 10.1 Å². The van der Waals surface area contributed by atoms with Crippen molar-refractivity contribution in [1.29, 1.82) is 0 Å². The van der Waals surface area contributed by atoms with E-state index in [1.807, 2.05) is 53.4 Å². The quantitative estimate of drug-likeness (QED) is 0.718. The highest BCUT2D eigenvalue weighted by Crippen LogP contribution is 2.30. The molecule has 3 aromatic rings. The standard InChI is InChI=1S/C23H22N2O4/c1-16(26)25-11-10-21-18(14-25)13-22(29-21)17-6-5-7-19(12-17)24-23(27)15-28-20-8-3-2-4-9-20/h2-9,12-13H,10-11,14-15H2,1H3,(H,24,27). The van der Waals surface area contributed by atoms with Gasteiger partial charge in [-0.3, -0.25) is 9.59 Å². The lowest BCUT2D eigenvalue weighted by atomic mass is 10.1. The van der Waals surface area contributed by atoms with Crippen molar-refractivity contribution in [2.45, 2.75) is 19.9 Å². The minimum absolute atomic E-state index is 0.0653. The Kier molecular flexibility index (Phi) is 5.33. The van der Waals surface area contributed by atoms with Crippen molar-refractivity contribution in [3.05, 3.63) is 72.0 Å². The van der Waals surface area contributed by atoms with E-state index in [2.05, 4.69) is 5.32 Å². The van der Waals surface area contributed by atoms with Crippen LogP contribution in [0, 0.1) is 0 Å². The average molecular weight is 390 g/mol. The fourth-order valence-corrected chi connectivity index (χ4v) is 3.36. The van der Waals surface area contributed by atoms with Gasteiger partial charge < -0.3 is 19.4 Å². The Morgan fingerprint density at radius 2 is 1.93 bits per heavy atom. The number of ether oxygens (including phenoxy) is 1. The second-order valence-electron chi connectivity index (χ2n) is 6.98. The highest BCUT2D eigenvalue weighted by Gasteiger charge is 2.22. The van der Waals surface area contributed by atoms with Crippen molar-refractivity contribution < 1.29 is 18.7 Å². The highest BCUT2D eigenvalue weighted by molar-refractivity contribution is 5.92. The Hall–Kier alpha value is -3.54. The number of nitrogens with zero attached hydrogens (tertiary/aromatic N) is 1. The summed E-state index contributed by atoms with van der Waals surface area (Å²) in [6.07, 6.45) is 0.710. The van der Waals surface area contributed by atoms with E-state index in [1.54, 1.807) is 19.1 Å². The third-order valence-electron chi connectivity index (χ3n) is 4.86. The molecule has 0 bridgehead atoms. The van der Waals surface area contributed by atoms with Gasteiger partial charge in [-0.05, 0) is 30.3 Å². The lowest BCUT2D eigenvalue weighted by Gasteiger charge is -2.24. The molecule has 6 nitrogen and oxygen atoms in total. The van der Waals surface area contributed by atoms with Crippen LogP contribution >= 0.6 is 0 Å². The molecule has 2 aromatic carbocycles. The van der Waals surface area contributed by atoms with E-state index in [0.717, 1.165) is 22.6 Å². The van der Waals surface area contributed by atoms with Crippen molar-refractivity contribution in [2.75, 3.05) is 18.5 Å². The molecule has 0 spiro atoms. The van der Waals surface area contributed by atoms with Gasteiger partial charge in [0.05, 0.1) is 0 Å². The van der Waals surface area contributed by atoms with E-state index in [0.29, 0.717) is 30.9 Å². The van der Waals surface area contributed by atoms with Gasteiger partial charge in [-0.15, -0.1) is 0 Å². The second kappa shape index (κ2) is 8.22. The fraction of sp³-hybridized carbons (Fsp3) is 0.217. The van der Waals surface area contributed by atoms with Crippen LogP contribution in [0.4, 0.5) is 5.69 Å². The molecule has 29 heavy (non-hydrogen) atoms. The number of hydrogen-bond donors (Lipinski definition) is 1. The van der Waals surface area contributed by atoms with Crippen LogP contribution in [0.3, 0.4) is 0 Å². The lowest BCUT2D eigenvalue weighted by Crippen LogP contribution is -2.33. The molecule has 0 unspecified atom stereocenters. The Morgan fingerprint density at radius 3 is 2.72 bits per heavy atom. The Morgan fingerprint density at radius 1 is 1.10 bits per heavy atom. The average Bonchev–Trinajstić information content (AvgIpc) is 3.17. The number of carbonyl (C=O) groups excluding carboxylic acids is 2. The van der Waals surface area contributed by atoms with Gasteiger partial charge >= 0.3 is 0 Å². The van der Waals surface area contributed by atoms with Crippen LogP contribution in [-0.4, -0.2) is 29.9 Å². The normalized spacial score (nSPS) is 12.9. The summed E-state index contributed by atoms with van der Waals surface area (Å²) in [5.41, 5.74) is 2.58. The summed E-state index contributed by atoms with van der Waals surface area (Å²) in [7, 11) is 0. The molecule has 1 aromatic heterocycles. The number of benzene rings is 2. The molecular weight excluding hydrogens is 368 g/mol. The maximum atomic E-state index is 12.2. The first-order valence-electron chi connectivity index (χ1n) is 9.54. The summed E-state index contributed by atoms with van der Waals surface area (Å²) < 4.78 is 11.5. The van der Waals surface area contributed by atoms with E-state index >= 15 is 0 Å². The summed E-state index contributed by atoms with van der Waals surface area (Å²) in [4.78, 5) is 25.6. The number of hydrogen-bond acceptors (Lipinski definition) is 4. The summed E-state index contributed by atoms with van der Waals surface area (Å²) >= 11 is 0. The van der Waals surface area contributed by atoms with Gasteiger partial charge in [0.25, 0.3) is 5.91 Å². The molecule has 1 N–H and O–H groups in total. The number of carbonyl (C=O) groups is 2. The summed E-state index contributed by atoms with van der Waals surface area (Å²) in [6, 6.07) is 18.7. The predicted octanol–water partition coefficient (Wildman–Crippen LogP) is 3.87. The summed E-state index contributed by atoms with van der Waals surface area (Å²) in [6.45, 7) is 2.76. The Balaban J connectivity index is 1.43. The molecular formula is C23H22N2O4. The van der Waals surface area contributed by atoms with E-state index in [4.69, 9.17) is 9.15 Å². The molecule has 0 saturated heterocycles. The van der Waals surface area contributed by atoms with Crippen molar-refractivity contribution in [3.63, 3.8) is 0 Å². The van der Waals surface area contributed by atoms with Crippen LogP contribution in [0.2, 0.25) is 0 Å². The van der Waals surface area contributed by atoms with Gasteiger partial charge in [0, 0.05) is 43.2 Å². The first kappa shape index (κ1) is 18.8. The van der Waals surface area contributed by atoms with Gasteiger partial charge in [-0.2, -0.15) is 0 Å². The molecule has 4 rings (SSSR count). The Labute approximate surface area is 169 Å². The molecule has 0 radical (unpaired) electrons. The zero-order chi connectivity index (χ0) is 20.2. The molecule has 148 valence electrons. The number of amides is 2. The van der Waals surface area contributed by atoms with Crippen molar-refractivity contribution in [2.24, 2.45) is 0 Å². The fourth-order valence-electron chi connectivity index (χ4n) is 3.36. The smallest absolute Gasteiger partial charge is 0.262 e. The lowest BCUT2D eigenvalue weighted by molar-refractivity contribution is -0.129. The number of anilines is 1. The SMILES string of the molecule is CC(=O)N1CCc2oc(-c3cccc(NC(=O)COc4ccccc4)c3)cc2C1. The van der Waals surface area contributed by atoms with Crippen LogP contribution in [0.25, 0.3) is 11.3 Å². The van der Waals surface area contributed by atoms with E-state index in [9.17, 15) is 9.59 Å². The summed E-state index contributed by atoms with van der Waals surface area (Å²) in [5, 5.41) is 2.85. The topological polar surface area (TPSA) is 71.8 Å². The maximum absolute atomic E-state index is 12.2. The third kappa shape index (κ3) is 4.48. The minimum Gasteiger partial charge on any atom is -0.484 e. The van der Waals surface area contributed by atoms with Crippen LogP contribution in [0.15, 0.2) is 65.1 Å². The third-order valence-corrected chi connectivity index (χ3v) is 4.86. The molecule has 0 fully saturated rings. The van der Waals surface area contributed by atoms with Crippen molar-refractivity contribution in [3.8, 4) is 17.1 Å². The molecule has 0 saturated carbocycles.